The molecule has 0 aromatic heterocycles. The van der Waals surface area contributed by atoms with E-state index in [0.717, 1.165) is 36.0 Å². The van der Waals surface area contributed by atoms with Crippen molar-refractivity contribution < 1.29 is 18.0 Å². The van der Waals surface area contributed by atoms with E-state index in [1.54, 1.807) is 0 Å². The molecule has 1 aliphatic heterocycles. The fourth-order valence-corrected chi connectivity index (χ4v) is 5.67. The lowest BCUT2D eigenvalue weighted by molar-refractivity contribution is 0.305. The molecular weight excluding hydrogens is 404 g/mol. The van der Waals surface area contributed by atoms with Gasteiger partial charge in [0.25, 0.3) is 0 Å². The molecule has 3 aromatic rings. The first-order valence-corrected chi connectivity index (χ1v) is 12.6. The minimum atomic E-state index is -2.52. The van der Waals surface area contributed by atoms with Crippen LogP contribution in [0.25, 0.3) is 0 Å². The van der Waals surface area contributed by atoms with Gasteiger partial charge in [-0.2, -0.15) is 0 Å². The van der Waals surface area contributed by atoms with Gasteiger partial charge in [-0.3, -0.25) is 0 Å². The molecule has 4 nitrogen and oxygen atoms in total. The number of fused-ring (bicyclic) bond motifs is 1. The van der Waals surface area contributed by atoms with E-state index >= 15 is 0 Å². The molecule has 0 N–H and O–H groups in total. The standard InChI is InChI=1S/C26H28O4Si/c1-3-10-22(11-4-1)28-31(29-23-12-5-2-6-13-23)30-24-14-8-7-9-21(24)17-15-20-16-18-25-26(19-20)27-25/h1-14,20,25-26,31H,15-19H2. The van der Waals surface area contributed by atoms with Crippen molar-refractivity contribution in [3.8, 4) is 17.2 Å². The van der Waals surface area contributed by atoms with Crippen molar-refractivity contribution >= 4 is 9.53 Å². The summed E-state index contributed by atoms with van der Waals surface area (Å²) in [6.07, 6.45) is 6.95. The van der Waals surface area contributed by atoms with Gasteiger partial charge in [0.1, 0.15) is 17.2 Å². The Hall–Kier alpha value is -2.76. The summed E-state index contributed by atoms with van der Waals surface area (Å²) in [5, 5.41) is 0. The topological polar surface area (TPSA) is 40.2 Å². The Morgan fingerprint density at radius 3 is 2.03 bits per heavy atom. The highest BCUT2D eigenvalue weighted by Gasteiger charge is 2.43. The van der Waals surface area contributed by atoms with Crippen molar-refractivity contribution in [2.24, 2.45) is 5.92 Å². The first-order chi connectivity index (χ1) is 15.3. The Bertz CT molecular complexity index is 924. The minimum Gasteiger partial charge on any atom is -0.486 e. The predicted octanol–water partition coefficient (Wildman–Crippen LogP) is 5.44. The molecule has 3 aromatic carbocycles. The van der Waals surface area contributed by atoms with Gasteiger partial charge in [-0.1, -0.05) is 54.6 Å². The number of hydrogen-bond donors (Lipinski definition) is 0. The number of benzene rings is 3. The first-order valence-electron chi connectivity index (χ1n) is 11.2. The lowest BCUT2D eigenvalue weighted by Gasteiger charge is -2.22. The van der Waals surface area contributed by atoms with Gasteiger partial charge in [0.15, 0.2) is 0 Å². The van der Waals surface area contributed by atoms with Crippen LogP contribution in [0, 0.1) is 5.92 Å². The fraction of sp³-hybridized carbons (Fsp3) is 0.308. The van der Waals surface area contributed by atoms with Crippen molar-refractivity contribution in [1.82, 2.24) is 0 Å². The lowest BCUT2D eigenvalue weighted by Crippen LogP contribution is -2.37. The van der Waals surface area contributed by atoms with Crippen molar-refractivity contribution in [3.05, 3.63) is 90.5 Å². The number of aryl methyl sites for hydroxylation is 1. The van der Waals surface area contributed by atoms with E-state index in [-0.39, 0.29) is 0 Å². The second-order valence-electron chi connectivity index (χ2n) is 8.31. The molecule has 0 amide bonds. The van der Waals surface area contributed by atoms with Crippen molar-refractivity contribution in [3.63, 3.8) is 0 Å². The Kier molecular flexibility index (Phi) is 6.23. The highest BCUT2D eigenvalue weighted by molar-refractivity contribution is 6.39. The fourth-order valence-electron chi connectivity index (χ4n) is 4.33. The second-order valence-corrected chi connectivity index (χ2v) is 9.59. The summed E-state index contributed by atoms with van der Waals surface area (Å²) in [7, 11) is -2.52. The number of para-hydroxylation sites is 3. The molecule has 1 saturated heterocycles. The highest BCUT2D eigenvalue weighted by atomic mass is 28.3. The molecule has 1 aliphatic carbocycles. The molecule has 5 heteroatoms. The minimum absolute atomic E-state index is 0.528. The monoisotopic (exact) mass is 432 g/mol. The van der Waals surface area contributed by atoms with E-state index in [1.165, 1.54) is 24.8 Å². The predicted molar refractivity (Wildman–Crippen MR) is 123 cm³/mol. The van der Waals surface area contributed by atoms with Gasteiger partial charge < -0.3 is 18.0 Å². The third-order valence-corrected chi connectivity index (χ3v) is 7.46. The maximum absolute atomic E-state index is 6.39. The van der Waals surface area contributed by atoms with Crippen LogP contribution >= 0.6 is 0 Å². The summed E-state index contributed by atoms with van der Waals surface area (Å²) in [5.41, 5.74) is 1.21. The molecule has 0 bridgehead atoms. The van der Waals surface area contributed by atoms with Crippen LogP contribution in [0.2, 0.25) is 0 Å². The molecule has 0 spiro atoms. The SMILES string of the molecule is c1ccc(O[SiH](Oc2ccccc2)Oc2ccccc2CCC2CCC3OC3C2)cc1. The zero-order valence-electron chi connectivity index (χ0n) is 17.6. The lowest BCUT2D eigenvalue weighted by atomic mass is 9.85. The van der Waals surface area contributed by atoms with Crippen LogP contribution < -0.4 is 13.3 Å². The summed E-state index contributed by atoms with van der Waals surface area (Å²) in [6, 6.07) is 27.8. The zero-order chi connectivity index (χ0) is 20.9. The van der Waals surface area contributed by atoms with Gasteiger partial charge in [-0.15, -0.1) is 0 Å². The molecule has 1 saturated carbocycles. The van der Waals surface area contributed by atoms with E-state index < -0.39 is 9.53 Å². The quantitative estimate of drug-likeness (QED) is 0.333. The van der Waals surface area contributed by atoms with Gasteiger partial charge in [0, 0.05) is 0 Å². The van der Waals surface area contributed by atoms with Crippen LogP contribution in [-0.4, -0.2) is 21.7 Å². The Balaban J connectivity index is 1.28. The summed E-state index contributed by atoms with van der Waals surface area (Å²) in [4.78, 5) is 0. The molecule has 3 unspecified atom stereocenters. The van der Waals surface area contributed by atoms with Crippen molar-refractivity contribution in [2.45, 2.75) is 44.3 Å². The molecule has 0 radical (unpaired) electrons. The maximum Gasteiger partial charge on any atom is 0.683 e. The molecule has 31 heavy (non-hydrogen) atoms. The van der Waals surface area contributed by atoms with Gasteiger partial charge in [0.05, 0.1) is 12.2 Å². The van der Waals surface area contributed by atoms with Crippen LogP contribution in [-0.2, 0) is 11.2 Å². The van der Waals surface area contributed by atoms with Gasteiger partial charge >= 0.3 is 9.53 Å². The normalized spacial score (nSPS) is 21.9. The summed E-state index contributed by atoms with van der Waals surface area (Å²) >= 11 is 0. The van der Waals surface area contributed by atoms with E-state index in [2.05, 4.69) is 12.1 Å². The molecule has 160 valence electrons. The number of epoxide rings is 1. The van der Waals surface area contributed by atoms with E-state index in [1.807, 2.05) is 72.8 Å². The average Bonchev–Trinajstić information content (AvgIpc) is 3.59. The molecule has 2 aliphatic rings. The van der Waals surface area contributed by atoms with Gasteiger partial charge in [-0.05, 0) is 73.9 Å². The Labute approximate surface area is 185 Å². The van der Waals surface area contributed by atoms with Crippen LogP contribution in [0.3, 0.4) is 0 Å². The summed E-state index contributed by atoms with van der Waals surface area (Å²) in [6.45, 7) is 0. The second kappa shape index (κ2) is 9.58. The number of rotatable bonds is 9. The Morgan fingerprint density at radius 2 is 1.35 bits per heavy atom. The van der Waals surface area contributed by atoms with E-state index in [4.69, 9.17) is 18.0 Å². The summed E-state index contributed by atoms with van der Waals surface area (Å²) < 4.78 is 24.4. The smallest absolute Gasteiger partial charge is 0.486 e. The van der Waals surface area contributed by atoms with Crippen molar-refractivity contribution in [2.75, 3.05) is 0 Å². The number of hydrogen-bond acceptors (Lipinski definition) is 4. The van der Waals surface area contributed by atoms with Gasteiger partial charge in [0.2, 0.25) is 0 Å². The molecule has 3 atom stereocenters. The zero-order valence-corrected chi connectivity index (χ0v) is 18.7. The van der Waals surface area contributed by atoms with Crippen LogP contribution in [0.1, 0.15) is 31.2 Å². The van der Waals surface area contributed by atoms with Gasteiger partial charge in [-0.25, -0.2) is 0 Å². The molecule has 5 rings (SSSR count). The summed E-state index contributed by atoms with van der Waals surface area (Å²) in [5.74, 6) is 3.12. The first kappa shape index (κ1) is 20.2. The van der Waals surface area contributed by atoms with Crippen molar-refractivity contribution in [1.29, 1.82) is 0 Å². The van der Waals surface area contributed by atoms with Crippen LogP contribution in [0.5, 0.6) is 17.2 Å². The highest BCUT2D eigenvalue weighted by Crippen LogP contribution is 2.41. The number of ether oxygens (including phenoxy) is 1. The van der Waals surface area contributed by atoms with E-state index in [9.17, 15) is 0 Å². The van der Waals surface area contributed by atoms with Crippen LogP contribution in [0.15, 0.2) is 84.9 Å². The molecular formula is C26H28O4Si. The average molecular weight is 433 g/mol. The van der Waals surface area contributed by atoms with Crippen LogP contribution in [0.4, 0.5) is 0 Å². The Morgan fingerprint density at radius 1 is 0.710 bits per heavy atom. The maximum atomic E-state index is 6.39. The van der Waals surface area contributed by atoms with E-state index in [0.29, 0.717) is 12.2 Å². The molecule has 2 fully saturated rings. The largest absolute Gasteiger partial charge is 0.683 e. The molecule has 1 heterocycles. The third-order valence-electron chi connectivity index (χ3n) is 6.08. The third kappa shape index (κ3) is 5.49.